The van der Waals surface area contributed by atoms with E-state index < -0.39 is 34.1 Å². The number of hydrogen-bond acceptors (Lipinski definition) is 9. The van der Waals surface area contributed by atoms with Gasteiger partial charge in [0.2, 0.25) is 22.8 Å². The summed E-state index contributed by atoms with van der Waals surface area (Å²) in [6, 6.07) is -0.844. The van der Waals surface area contributed by atoms with Crippen molar-refractivity contribution in [1.29, 1.82) is 0 Å². The van der Waals surface area contributed by atoms with Crippen molar-refractivity contribution < 1.29 is 24.3 Å². The number of amides is 3. The zero-order chi connectivity index (χ0) is 20.4. The predicted molar refractivity (Wildman–Crippen MR) is 104 cm³/mol. The van der Waals surface area contributed by atoms with E-state index >= 15 is 0 Å². The summed E-state index contributed by atoms with van der Waals surface area (Å²) in [5, 5.41) is 15.8. The van der Waals surface area contributed by atoms with E-state index in [1.807, 2.05) is 6.92 Å². The summed E-state index contributed by atoms with van der Waals surface area (Å²) in [5.41, 5.74) is 2.41. The molecule has 1 heterocycles. The quantitative estimate of drug-likeness (QED) is 0.101. The molecule has 0 radical (unpaired) electrons. The molecule has 27 heavy (non-hydrogen) atoms. The van der Waals surface area contributed by atoms with E-state index in [2.05, 4.69) is 28.5 Å². The number of thiol groups is 1. The molecule has 1 fully saturated rings. The highest BCUT2D eigenvalue weighted by Gasteiger charge is 2.40. The lowest BCUT2D eigenvalue weighted by molar-refractivity contribution is -0.216. The number of rotatable bonds is 11. The minimum atomic E-state index is -0.844. The molecule has 1 saturated heterocycles. The third kappa shape index (κ3) is 7.79. The van der Waals surface area contributed by atoms with Crippen LogP contribution in [-0.2, 0) is 19.2 Å². The largest absolute Gasteiger partial charge is 0.861 e. The number of unbranched alkanes of at least 4 members (excludes halogenated alkanes) is 1. The Morgan fingerprint density at radius 3 is 2.74 bits per heavy atom. The van der Waals surface area contributed by atoms with E-state index in [0.29, 0.717) is 6.54 Å². The molecule has 0 bridgehead atoms. The zero-order valence-electron chi connectivity index (χ0n) is 15.4. The average Bonchev–Trinajstić information content (AvgIpc) is 2.87. The molecule has 9 nitrogen and oxygen atoms in total. The van der Waals surface area contributed by atoms with Crippen molar-refractivity contribution >= 4 is 53.1 Å². The molecule has 11 heteroatoms. The van der Waals surface area contributed by atoms with Crippen LogP contribution in [0.5, 0.6) is 0 Å². The number of imide groups is 1. The first-order valence-corrected chi connectivity index (χ1v) is 10.2. The molecule has 0 aromatic heterocycles. The van der Waals surface area contributed by atoms with E-state index in [1.165, 1.54) is 6.92 Å². The fraction of sp³-hybridized carbons (Fsp3) is 0.688. The second kappa shape index (κ2) is 11.9. The van der Waals surface area contributed by atoms with E-state index in [9.17, 15) is 24.3 Å². The maximum Gasteiger partial charge on any atom is 0.243 e. The monoisotopic (exact) mass is 417 g/mol. The highest BCUT2D eigenvalue weighted by molar-refractivity contribution is 8.15. The van der Waals surface area contributed by atoms with Crippen LogP contribution < -0.4 is 15.8 Å². The number of nitrogens with zero attached hydrogens (tertiary/aromatic N) is 2. The molecular weight excluding hydrogens is 392 g/mol. The maximum absolute atomic E-state index is 12.4. The Morgan fingerprint density at radius 1 is 1.44 bits per heavy atom. The molecule has 0 saturated carbocycles. The molecule has 0 spiro atoms. The van der Waals surface area contributed by atoms with Crippen molar-refractivity contribution in [2.75, 3.05) is 18.8 Å². The highest BCUT2D eigenvalue weighted by atomic mass is 32.2. The van der Waals surface area contributed by atoms with E-state index in [4.69, 9.17) is 0 Å². The van der Waals surface area contributed by atoms with Gasteiger partial charge in [-0.15, -0.1) is 0 Å². The van der Waals surface area contributed by atoms with Crippen LogP contribution in [0.1, 0.15) is 39.5 Å². The molecular formula is C16H25N4O5S2-. The summed E-state index contributed by atoms with van der Waals surface area (Å²) in [7, 11) is 0. The summed E-state index contributed by atoms with van der Waals surface area (Å²) >= 11 is 4.75. The van der Waals surface area contributed by atoms with Gasteiger partial charge in [0.05, 0.1) is 0 Å². The summed E-state index contributed by atoms with van der Waals surface area (Å²) in [6.45, 7) is 3.80. The van der Waals surface area contributed by atoms with Crippen molar-refractivity contribution in [2.45, 2.75) is 50.8 Å². The first-order chi connectivity index (χ1) is 12.8. The smallest absolute Gasteiger partial charge is 0.243 e. The molecule has 152 valence electrons. The van der Waals surface area contributed by atoms with E-state index in [0.717, 1.165) is 29.5 Å². The van der Waals surface area contributed by atoms with Gasteiger partial charge < -0.3 is 10.4 Å². The molecule has 1 rings (SSSR count). The van der Waals surface area contributed by atoms with Crippen LogP contribution in [0.3, 0.4) is 0 Å². The topological polar surface area (TPSA) is 131 Å². The maximum atomic E-state index is 12.4. The lowest BCUT2D eigenvalue weighted by atomic mass is 10.3. The standard InChI is InChI=1S/C16H26N4O5S2/c1-3-4-6-17-13(22)5-7-20-14(23)8-12(15(20)24)27-16(25)11(9-26)19-18-10(2)21/h11-12,19,26H,3-9H2,1-2H3,(H,17,22)(H,18,21)/p-1/t11-,12?/m1/s1. The molecule has 2 atom stereocenters. The van der Waals surface area contributed by atoms with Gasteiger partial charge in [0, 0.05) is 31.7 Å². The molecule has 3 amide bonds. The minimum absolute atomic E-state index is 0.00517. The number of thioether (sulfide) groups is 1. The first kappa shape index (κ1) is 23.3. The second-order valence-corrected chi connectivity index (χ2v) is 7.53. The van der Waals surface area contributed by atoms with Gasteiger partial charge in [0.25, 0.3) is 0 Å². The van der Waals surface area contributed by atoms with Crippen LogP contribution in [0.25, 0.3) is 0 Å². The van der Waals surface area contributed by atoms with Crippen LogP contribution in [0.15, 0.2) is 5.10 Å². The van der Waals surface area contributed by atoms with E-state index in [1.54, 1.807) is 0 Å². The Balaban J connectivity index is 2.54. The molecule has 1 aliphatic heterocycles. The van der Waals surface area contributed by atoms with Crippen LogP contribution in [0.4, 0.5) is 0 Å². The summed E-state index contributed by atoms with van der Waals surface area (Å²) in [6.07, 6.45) is 1.75. The van der Waals surface area contributed by atoms with Gasteiger partial charge in [-0.2, -0.15) is 12.6 Å². The molecule has 1 aliphatic rings. The van der Waals surface area contributed by atoms with Crippen molar-refractivity contribution in [1.82, 2.24) is 15.6 Å². The van der Waals surface area contributed by atoms with Gasteiger partial charge in [-0.05, 0) is 19.2 Å². The van der Waals surface area contributed by atoms with Crippen molar-refractivity contribution in [3.8, 4) is 0 Å². The van der Waals surface area contributed by atoms with Crippen molar-refractivity contribution in [3.05, 3.63) is 0 Å². The van der Waals surface area contributed by atoms with Gasteiger partial charge in [-0.3, -0.25) is 29.5 Å². The summed E-state index contributed by atoms with van der Waals surface area (Å²) < 4.78 is 0. The molecule has 0 aromatic carbocycles. The number of carbonyl (C=O) groups is 4. The molecule has 2 N–H and O–H groups in total. The minimum Gasteiger partial charge on any atom is -0.861 e. The Morgan fingerprint density at radius 2 is 2.15 bits per heavy atom. The van der Waals surface area contributed by atoms with Gasteiger partial charge >= 0.3 is 0 Å². The van der Waals surface area contributed by atoms with Crippen LogP contribution in [-0.4, -0.2) is 63.8 Å². The predicted octanol–water partition coefficient (Wildman–Crippen LogP) is -0.738. The number of likely N-dealkylation sites (tertiary alicyclic amines) is 1. The zero-order valence-corrected chi connectivity index (χ0v) is 17.1. The Kier molecular flexibility index (Phi) is 10.2. The Hall–Kier alpha value is -1.75. The SMILES string of the molecule is CCCCNC(=O)CCN1C(=O)CC(SC(=O)[C@@H](CS)NN=C(C)[O-])C1=O. The Labute approximate surface area is 168 Å². The third-order valence-corrected chi connectivity index (χ3v) is 5.26. The van der Waals surface area contributed by atoms with Gasteiger partial charge in [-0.1, -0.05) is 25.1 Å². The van der Waals surface area contributed by atoms with Crippen molar-refractivity contribution in [3.63, 3.8) is 0 Å². The Bertz CT molecular complexity index is 595. The number of hydrazone groups is 1. The molecule has 0 aliphatic carbocycles. The fourth-order valence-corrected chi connectivity index (χ4v) is 3.65. The third-order valence-electron chi connectivity index (χ3n) is 3.72. The lowest BCUT2D eigenvalue weighted by Crippen LogP contribution is -2.38. The summed E-state index contributed by atoms with van der Waals surface area (Å²) in [4.78, 5) is 49.4. The van der Waals surface area contributed by atoms with Crippen LogP contribution >= 0.6 is 24.4 Å². The number of hydrogen-bond donors (Lipinski definition) is 3. The van der Waals surface area contributed by atoms with E-state index in [-0.39, 0.29) is 31.0 Å². The number of carbonyl (C=O) groups excluding carboxylic acids is 4. The molecule has 0 aromatic rings. The first-order valence-electron chi connectivity index (χ1n) is 8.69. The fourth-order valence-electron chi connectivity index (χ4n) is 2.25. The molecule has 1 unspecified atom stereocenters. The second-order valence-electron chi connectivity index (χ2n) is 5.96. The van der Waals surface area contributed by atoms with Gasteiger partial charge in [0.15, 0.2) is 0 Å². The normalized spacial score (nSPS) is 18.6. The van der Waals surface area contributed by atoms with Gasteiger partial charge in [-0.25, -0.2) is 5.10 Å². The van der Waals surface area contributed by atoms with Crippen LogP contribution in [0.2, 0.25) is 0 Å². The highest BCUT2D eigenvalue weighted by Crippen LogP contribution is 2.27. The average molecular weight is 418 g/mol. The van der Waals surface area contributed by atoms with Gasteiger partial charge in [0.1, 0.15) is 11.3 Å². The number of nitrogens with one attached hydrogen (secondary N) is 2. The van der Waals surface area contributed by atoms with Crippen molar-refractivity contribution in [2.24, 2.45) is 5.10 Å². The summed E-state index contributed by atoms with van der Waals surface area (Å²) in [5.74, 6) is -1.52. The van der Waals surface area contributed by atoms with Crippen LogP contribution in [0, 0.1) is 0 Å². The lowest BCUT2D eigenvalue weighted by Gasteiger charge is -2.17.